The van der Waals surface area contributed by atoms with Crippen molar-refractivity contribution in [1.82, 2.24) is 5.32 Å². The first-order valence-corrected chi connectivity index (χ1v) is 11.2. The normalized spacial score (nSPS) is 15.0. The highest BCUT2D eigenvalue weighted by Crippen LogP contribution is 2.38. The summed E-state index contributed by atoms with van der Waals surface area (Å²) in [6.07, 6.45) is -1.77. The summed E-state index contributed by atoms with van der Waals surface area (Å²) in [7, 11) is 3.38. The number of benzene rings is 2. The smallest absolute Gasteiger partial charge is 0.399 e. The second-order valence-electron chi connectivity index (χ2n) is 7.15. The molecule has 9 heteroatoms. The molecule has 3 nitrogen and oxygen atoms in total. The molecule has 2 aromatic carbocycles. The van der Waals surface area contributed by atoms with Crippen LogP contribution in [0.2, 0.25) is 5.02 Å². The lowest BCUT2D eigenvalue weighted by molar-refractivity contribution is -0.139. The van der Waals surface area contributed by atoms with Crippen LogP contribution in [0.5, 0.6) is 5.75 Å². The number of carbonyl (C=O) groups excluding carboxylic acids is 1. The Morgan fingerprint density at radius 1 is 1.25 bits per heavy atom. The lowest BCUT2D eigenvalue weighted by Gasteiger charge is -2.23. The third-order valence-electron chi connectivity index (χ3n) is 4.86. The van der Waals surface area contributed by atoms with Crippen LogP contribution in [0.15, 0.2) is 36.4 Å². The largest absolute Gasteiger partial charge is 0.496 e. The van der Waals surface area contributed by atoms with Gasteiger partial charge in [-0.2, -0.15) is 24.9 Å². The molecule has 2 aromatic rings. The van der Waals surface area contributed by atoms with Gasteiger partial charge in [-0.05, 0) is 48.9 Å². The summed E-state index contributed by atoms with van der Waals surface area (Å²) >= 11 is 7.69. The van der Waals surface area contributed by atoms with Crippen molar-refractivity contribution in [2.75, 3.05) is 25.7 Å². The Bertz CT molecular complexity index is 936. The Labute approximate surface area is 194 Å². The first-order chi connectivity index (χ1) is 15.1. The summed E-state index contributed by atoms with van der Waals surface area (Å²) in [5.41, 5.74) is 0.589. The standard InChI is InChI=1S/C19H15ClF4O2.C4H9NS/c1-11-7-14(9-16(20)18(11)21)15(19(22,23)24)6-4-12-3-5-13(10-25)17(8-12)26-2;1-5-4-2-6-3-4/h3-10,15H,1-2H3;4-5H,2-3H2,1H3/b6-4+;. The molecule has 1 saturated heterocycles. The van der Waals surface area contributed by atoms with Crippen LogP contribution in [0.1, 0.15) is 33.0 Å². The maximum Gasteiger partial charge on any atom is 0.399 e. The van der Waals surface area contributed by atoms with Crippen LogP contribution in [0, 0.1) is 12.7 Å². The molecule has 0 aliphatic carbocycles. The van der Waals surface area contributed by atoms with E-state index in [1.54, 1.807) is 0 Å². The summed E-state index contributed by atoms with van der Waals surface area (Å²) in [6.45, 7) is 1.35. The van der Waals surface area contributed by atoms with E-state index in [1.165, 1.54) is 49.8 Å². The quantitative estimate of drug-likeness (QED) is 0.382. The number of carbonyl (C=O) groups is 1. The van der Waals surface area contributed by atoms with Crippen LogP contribution < -0.4 is 10.1 Å². The van der Waals surface area contributed by atoms with Crippen molar-refractivity contribution in [2.45, 2.75) is 25.1 Å². The molecule has 0 radical (unpaired) electrons. The molecular formula is C23H24ClF4NO2S. The third-order valence-corrected chi connectivity index (χ3v) is 6.41. The van der Waals surface area contributed by atoms with E-state index < -0.39 is 17.9 Å². The Morgan fingerprint density at radius 2 is 1.94 bits per heavy atom. The van der Waals surface area contributed by atoms with E-state index in [1.807, 2.05) is 18.8 Å². The third kappa shape index (κ3) is 6.98. The van der Waals surface area contributed by atoms with Gasteiger partial charge in [-0.1, -0.05) is 35.9 Å². The lowest BCUT2D eigenvalue weighted by Crippen LogP contribution is -2.37. The molecule has 3 rings (SSSR count). The van der Waals surface area contributed by atoms with E-state index in [-0.39, 0.29) is 27.5 Å². The van der Waals surface area contributed by atoms with Crippen molar-refractivity contribution >= 4 is 35.7 Å². The molecule has 0 saturated carbocycles. The highest BCUT2D eigenvalue weighted by Gasteiger charge is 2.39. The van der Waals surface area contributed by atoms with Crippen molar-refractivity contribution < 1.29 is 27.1 Å². The highest BCUT2D eigenvalue weighted by atomic mass is 35.5. The predicted molar refractivity (Wildman–Crippen MR) is 123 cm³/mol. The molecule has 0 spiro atoms. The van der Waals surface area contributed by atoms with E-state index in [2.05, 4.69) is 5.32 Å². The van der Waals surface area contributed by atoms with E-state index >= 15 is 0 Å². The molecule has 174 valence electrons. The zero-order valence-corrected chi connectivity index (χ0v) is 19.4. The van der Waals surface area contributed by atoms with Gasteiger partial charge in [-0.3, -0.25) is 4.79 Å². The van der Waals surface area contributed by atoms with Gasteiger partial charge in [0.25, 0.3) is 0 Å². The summed E-state index contributed by atoms with van der Waals surface area (Å²) in [5.74, 6) is 0.185. The monoisotopic (exact) mass is 489 g/mol. The van der Waals surface area contributed by atoms with Crippen molar-refractivity contribution in [3.05, 3.63) is 69.5 Å². The molecule has 1 unspecified atom stereocenters. The average molecular weight is 490 g/mol. The van der Waals surface area contributed by atoms with Gasteiger partial charge in [0.1, 0.15) is 11.6 Å². The Balaban J connectivity index is 0.000000520. The van der Waals surface area contributed by atoms with Gasteiger partial charge in [0.2, 0.25) is 0 Å². The van der Waals surface area contributed by atoms with Crippen molar-refractivity contribution in [3.8, 4) is 5.75 Å². The van der Waals surface area contributed by atoms with E-state index in [9.17, 15) is 22.4 Å². The minimum absolute atomic E-state index is 0.0344. The molecule has 0 bridgehead atoms. The number of hydrogen-bond donors (Lipinski definition) is 1. The van der Waals surface area contributed by atoms with Crippen LogP contribution >= 0.6 is 23.4 Å². The molecule has 0 aromatic heterocycles. The first kappa shape index (κ1) is 26.2. The number of thioether (sulfide) groups is 1. The predicted octanol–water partition coefficient (Wildman–Crippen LogP) is 6.29. The second kappa shape index (κ2) is 11.7. The fourth-order valence-electron chi connectivity index (χ4n) is 2.88. The van der Waals surface area contributed by atoms with E-state index in [4.69, 9.17) is 16.3 Å². The number of aryl methyl sites for hydroxylation is 1. The molecule has 1 fully saturated rings. The topological polar surface area (TPSA) is 38.3 Å². The van der Waals surface area contributed by atoms with Gasteiger partial charge < -0.3 is 10.1 Å². The molecule has 1 N–H and O–H groups in total. The molecule has 0 amide bonds. The Morgan fingerprint density at radius 3 is 2.38 bits per heavy atom. The SMILES string of the molecule is CNC1CSC1.COc1cc(/C=C/C(c2cc(C)c(F)c(Cl)c2)C(F)(F)F)ccc1C=O. The van der Waals surface area contributed by atoms with E-state index in [0.717, 1.165) is 24.3 Å². The van der Waals surface area contributed by atoms with Crippen LogP contribution in [0.25, 0.3) is 6.08 Å². The number of methoxy groups -OCH3 is 1. The second-order valence-corrected chi connectivity index (χ2v) is 8.64. The number of allylic oxidation sites excluding steroid dienone is 1. The van der Waals surface area contributed by atoms with Gasteiger partial charge in [0.05, 0.1) is 23.6 Å². The molecule has 1 atom stereocenters. The summed E-state index contributed by atoms with van der Waals surface area (Å²) < 4.78 is 59.1. The van der Waals surface area contributed by atoms with E-state index in [0.29, 0.717) is 11.8 Å². The minimum Gasteiger partial charge on any atom is -0.496 e. The molecule has 1 heterocycles. The highest BCUT2D eigenvalue weighted by molar-refractivity contribution is 8.00. The van der Waals surface area contributed by atoms with Gasteiger partial charge in [-0.25, -0.2) is 4.39 Å². The van der Waals surface area contributed by atoms with Crippen LogP contribution in [0.3, 0.4) is 0 Å². The summed E-state index contributed by atoms with van der Waals surface area (Å²) in [4.78, 5) is 10.9. The molecule has 1 aliphatic rings. The number of nitrogens with one attached hydrogen (secondary N) is 1. The van der Waals surface area contributed by atoms with Crippen LogP contribution in [-0.2, 0) is 0 Å². The van der Waals surface area contributed by atoms with Gasteiger partial charge in [-0.15, -0.1) is 0 Å². The van der Waals surface area contributed by atoms with Gasteiger partial charge in [0, 0.05) is 17.5 Å². The van der Waals surface area contributed by atoms with Crippen molar-refractivity contribution in [2.24, 2.45) is 0 Å². The van der Waals surface area contributed by atoms with Crippen LogP contribution in [0.4, 0.5) is 17.6 Å². The number of aldehydes is 1. The number of hydrogen-bond acceptors (Lipinski definition) is 4. The van der Waals surface area contributed by atoms with Crippen molar-refractivity contribution in [3.63, 3.8) is 0 Å². The van der Waals surface area contributed by atoms with Crippen molar-refractivity contribution in [1.29, 1.82) is 0 Å². The summed E-state index contributed by atoms with van der Waals surface area (Å²) in [6, 6.07) is 7.33. The molecule has 32 heavy (non-hydrogen) atoms. The average Bonchev–Trinajstić information content (AvgIpc) is 2.70. The number of halogens is 5. The zero-order valence-electron chi connectivity index (χ0n) is 17.8. The van der Waals surface area contributed by atoms with Gasteiger partial charge >= 0.3 is 6.18 Å². The Hall–Kier alpha value is -2.03. The maximum atomic E-state index is 13.6. The molecular weight excluding hydrogens is 466 g/mol. The minimum atomic E-state index is -4.59. The zero-order chi connectivity index (χ0) is 23.9. The first-order valence-electron chi connectivity index (χ1n) is 9.69. The fourth-order valence-corrected chi connectivity index (χ4v) is 3.96. The maximum absolute atomic E-state index is 13.6. The van der Waals surface area contributed by atoms with Gasteiger partial charge in [0.15, 0.2) is 6.29 Å². The summed E-state index contributed by atoms with van der Waals surface area (Å²) in [5, 5.41) is 2.82. The Kier molecular flexibility index (Phi) is 9.61. The lowest BCUT2D eigenvalue weighted by atomic mass is 9.95. The number of alkyl halides is 3. The number of ether oxygens (including phenoxy) is 1. The number of rotatable bonds is 6. The molecule has 1 aliphatic heterocycles. The fraction of sp³-hybridized carbons (Fsp3) is 0.348. The van der Waals surface area contributed by atoms with Crippen LogP contribution in [-0.4, -0.2) is 44.2 Å².